The Bertz CT molecular complexity index is 1460. The molecule has 3 unspecified atom stereocenters. The lowest BCUT2D eigenvalue weighted by Gasteiger charge is -2.47. The zero-order chi connectivity index (χ0) is 38.5. The van der Waals surface area contributed by atoms with Gasteiger partial charge in [-0.25, -0.2) is 0 Å². The maximum Gasteiger partial charge on any atom is 0.323 e. The van der Waals surface area contributed by atoms with Crippen molar-refractivity contribution in [3.05, 3.63) is 23.2 Å². The van der Waals surface area contributed by atoms with Crippen molar-refractivity contribution in [2.75, 3.05) is 27.2 Å². The Morgan fingerprint density at radius 2 is 2.20 bits per heavy atom. The van der Waals surface area contributed by atoms with E-state index in [9.17, 15) is 7.54 Å². The van der Waals surface area contributed by atoms with Crippen molar-refractivity contribution < 1.29 is 45.0 Å². The lowest BCUT2D eigenvalue weighted by Crippen LogP contribution is -2.51. The van der Waals surface area contributed by atoms with E-state index in [1.807, 2.05) is 0 Å². The Balaban J connectivity index is 2.39. The van der Waals surface area contributed by atoms with E-state index >= 15 is 0 Å². The topological polar surface area (TPSA) is 74.0 Å². The van der Waals surface area contributed by atoms with Gasteiger partial charge in [-0.2, -0.15) is 0 Å². The molecular weight excluding hydrogens is 380 g/mol. The number of carbonyl (C=O) groups excluding carboxylic acids is 1. The Labute approximate surface area is 207 Å². The summed E-state index contributed by atoms with van der Waals surface area (Å²) in [5.74, 6) is -9.60. The molecule has 0 aliphatic carbocycles. The standard InChI is InChI=1S/C24H38N2O4/c1-14(2)9-17-13-26-8-7-16-10-21(28-5)22(29-6)11-18(16)19(26)12-20(17)30-24(27)23(25)15(3)4/h10-11,14-15,17,19-20,23H,7-9,12-13,25H2,1-6H3/t17?,19?,20?,23-/m0/s1/i3D3,4D3,6D3,7D2,8D2,10D,11D,15D,19D,20D,23D. The fourth-order valence-electron chi connectivity index (χ4n) is 3.46. The van der Waals surface area contributed by atoms with Crippen LogP contribution in [0.25, 0.3) is 0 Å². The van der Waals surface area contributed by atoms with Gasteiger partial charge in [-0.1, -0.05) is 27.6 Å². The summed E-state index contributed by atoms with van der Waals surface area (Å²) in [6.45, 7) is -8.44. The van der Waals surface area contributed by atoms with Crippen LogP contribution < -0.4 is 15.2 Å². The third-order valence-corrected chi connectivity index (χ3v) is 4.84. The smallest absolute Gasteiger partial charge is 0.323 e. The zero-order valence-electron chi connectivity index (χ0n) is 35.9. The lowest BCUT2D eigenvalue weighted by atomic mass is 9.79. The second-order valence-corrected chi connectivity index (χ2v) is 7.41. The molecule has 2 N–H and O–H groups in total. The second kappa shape index (κ2) is 9.56. The van der Waals surface area contributed by atoms with Crippen molar-refractivity contribution in [3.63, 3.8) is 0 Å². The first kappa shape index (κ1) is 8.62. The van der Waals surface area contributed by atoms with Crippen LogP contribution in [0.5, 0.6) is 11.5 Å². The van der Waals surface area contributed by atoms with Crippen LogP contribution in [0.3, 0.4) is 0 Å². The Morgan fingerprint density at radius 1 is 1.43 bits per heavy atom. The first-order valence-corrected chi connectivity index (χ1v) is 9.31. The van der Waals surface area contributed by atoms with Crippen molar-refractivity contribution in [1.29, 1.82) is 0 Å². The number of fused-ring (bicyclic) bond motifs is 3. The monoisotopic (exact) mass is 437 g/mol. The molecular formula is C24H38N2O4. The van der Waals surface area contributed by atoms with Crippen LogP contribution in [-0.2, 0) is 15.9 Å². The molecule has 6 heteroatoms. The molecule has 2 aliphatic rings. The molecule has 0 spiro atoms. The van der Waals surface area contributed by atoms with Crippen LogP contribution in [0.2, 0.25) is 0 Å². The van der Waals surface area contributed by atoms with Crippen LogP contribution in [-0.4, -0.2) is 50.2 Å². The Hall–Kier alpha value is -1.79. The lowest BCUT2D eigenvalue weighted by molar-refractivity contribution is -0.160. The summed E-state index contributed by atoms with van der Waals surface area (Å²) >= 11 is 0. The van der Waals surface area contributed by atoms with Crippen LogP contribution in [0.4, 0.5) is 0 Å². The predicted molar refractivity (Wildman–Crippen MR) is 118 cm³/mol. The van der Waals surface area contributed by atoms with E-state index in [4.69, 9.17) is 43.2 Å². The van der Waals surface area contributed by atoms with Gasteiger partial charge in [0.15, 0.2) is 11.5 Å². The normalized spacial score (nSPS) is 45.1. The number of methoxy groups -OCH3 is 2. The third-order valence-electron chi connectivity index (χ3n) is 4.84. The third kappa shape index (κ3) is 4.75. The van der Waals surface area contributed by atoms with Gasteiger partial charge in [-0.3, -0.25) is 9.69 Å². The number of benzene rings is 1. The summed E-state index contributed by atoms with van der Waals surface area (Å²) < 4.78 is 173. The molecule has 0 saturated carbocycles. The first-order chi connectivity index (χ1) is 21.6. The van der Waals surface area contributed by atoms with Gasteiger partial charge in [-0.05, 0) is 47.8 Å². The number of hydrogen-bond donors (Lipinski definition) is 1. The minimum absolute atomic E-state index is 0.108. The summed E-state index contributed by atoms with van der Waals surface area (Å²) in [6.07, 6.45) is -7.35. The number of esters is 1. The van der Waals surface area contributed by atoms with Gasteiger partial charge in [0.05, 0.1) is 25.1 Å². The molecule has 4 atom stereocenters. The quantitative estimate of drug-likeness (QED) is 0.658. The number of piperidine rings is 1. The molecule has 1 aromatic rings. The van der Waals surface area contributed by atoms with Crippen LogP contribution in [0.15, 0.2) is 12.1 Å². The minimum atomic E-state index is -4.01. The van der Waals surface area contributed by atoms with E-state index in [0.29, 0.717) is 4.90 Å². The average molecular weight is 438 g/mol. The van der Waals surface area contributed by atoms with Gasteiger partial charge in [0, 0.05) is 46.5 Å². The van der Waals surface area contributed by atoms with E-state index in [0.717, 1.165) is 7.11 Å². The number of nitrogens with two attached hydrogens (primary N) is 1. The highest BCUT2D eigenvalue weighted by atomic mass is 16.5. The molecule has 0 bridgehead atoms. The van der Waals surface area contributed by atoms with E-state index < -0.39 is 117 Å². The predicted octanol–water partition coefficient (Wildman–Crippen LogP) is 3.56. The number of rotatable bonds is 7. The summed E-state index contributed by atoms with van der Waals surface area (Å²) in [7, 11) is -2.31. The molecule has 0 amide bonds. The van der Waals surface area contributed by atoms with Crippen molar-refractivity contribution in [1.82, 2.24) is 4.90 Å². The Kier molecular flexibility index (Phi) is 2.75. The van der Waals surface area contributed by atoms with E-state index in [1.54, 1.807) is 13.8 Å². The van der Waals surface area contributed by atoms with Gasteiger partial charge in [0.2, 0.25) is 0 Å². The number of nitrogens with zero attached hydrogens (tertiary/aromatic N) is 1. The maximum atomic E-state index is 13.6. The van der Waals surface area contributed by atoms with Gasteiger partial charge in [0.25, 0.3) is 0 Å². The minimum Gasteiger partial charge on any atom is -0.493 e. The Morgan fingerprint density at radius 3 is 2.87 bits per heavy atom. The molecule has 168 valence electrons. The van der Waals surface area contributed by atoms with Crippen molar-refractivity contribution in [3.8, 4) is 11.5 Å². The van der Waals surface area contributed by atoms with Crippen molar-refractivity contribution in [2.45, 2.75) is 64.9 Å². The molecule has 0 aromatic heterocycles. The first-order valence-electron chi connectivity index (χ1n) is 18.8. The molecule has 2 heterocycles. The molecule has 3 rings (SSSR count). The van der Waals surface area contributed by atoms with Gasteiger partial charge in [-0.15, -0.1) is 0 Å². The second-order valence-electron chi connectivity index (χ2n) is 7.41. The summed E-state index contributed by atoms with van der Waals surface area (Å²) in [5, 5.41) is 0. The largest absolute Gasteiger partial charge is 0.493 e. The summed E-state index contributed by atoms with van der Waals surface area (Å²) in [5.41, 5.74) is 3.94. The fraction of sp³-hybridized carbons (Fsp3) is 0.708. The zero-order valence-corrected chi connectivity index (χ0v) is 16.9. The molecule has 1 fully saturated rings. The number of carbonyl (C=O) groups is 1. The van der Waals surface area contributed by atoms with Crippen LogP contribution in [0.1, 0.15) is 83.6 Å². The molecule has 30 heavy (non-hydrogen) atoms. The summed E-state index contributed by atoms with van der Waals surface area (Å²) in [6, 6.07) is -8.76. The molecule has 2 aliphatic heterocycles. The number of ether oxygens (including phenoxy) is 3. The van der Waals surface area contributed by atoms with Crippen molar-refractivity contribution >= 4 is 5.97 Å². The SMILES string of the molecule is [2H]c1c(OC([2H])([2H])[2H])c(OC)c([2H])c2c1C1([2H])CC([2H])(OC(=O)[C@@]([2H])(N)C([2H])(C([2H])([2H])[2H])C([2H])([2H])[2H])C(CC(C)C)CN1C([2H])([2H])C2([2H])[2H]. The van der Waals surface area contributed by atoms with E-state index in [1.165, 1.54) is 0 Å². The van der Waals surface area contributed by atoms with E-state index in [2.05, 4.69) is 0 Å². The van der Waals surface area contributed by atoms with Gasteiger partial charge < -0.3 is 19.9 Å². The average Bonchev–Trinajstić information content (AvgIpc) is 2.88. The summed E-state index contributed by atoms with van der Waals surface area (Å²) in [4.78, 5) is 14.2. The highest BCUT2D eigenvalue weighted by molar-refractivity contribution is 5.76. The number of hydrogen-bond acceptors (Lipinski definition) is 6. The highest BCUT2D eigenvalue weighted by Crippen LogP contribution is 2.44. The molecule has 0 radical (unpaired) electrons. The van der Waals surface area contributed by atoms with Gasteiger partial charge >= 0.3 is 5.97 Å². The molecule has 1 aromatic carbocycles. The van der Waals surface area contributed by atoms with E-state index in [-0.39, 0.29) is 12.3 Å². The maximum absolute atomic E-state index is 13.6. The fourth-order valence-corrected chi connectivity index (χ4v) is 3.46. The van der Waals surface area contributed by atoms with Crippen LogP contribution >= 0.6 is 0 Å². The van der Waals surface area contributed by atoms with Crippen LogP contribution in [0, 0.1) is 17.7 Å². The highest BCUT2D eigenvalue weighted by Gasteiger charge is 2.41. The molecule has 1 saturated heterocycles. The van der Waals surface area contributed by atoms with Crippen molar-refractivity contribution in [2.24, 2.45) is 23.5 Å². The molecule has 6 nitrogen and oxygen atoms in total. The van der Waals surface area contributed by atoms with Gasteiger partial charge in [0.1, 0.15) is 12.1 Å².